The summed E-state index contributed by atoms with van der Waals surface area (Å²) in [6.45, 7) is 0. The van der Waals surface area contributed by atoms with Crippen LogP contribution in [0.2, 0.25) is 0 Å². The Morgan fingerprint density at radius 3 is 2.43 bits per heavy atom. The van der Waals surface area contributed by atoms with Crippen LogP contribution >= 0.6 is 22.6 Å². The fraction of sp³-hybridized carbons (Fsp3) is 0.333. The number of hydrogen-bond acceptors (Lipinski definition) is 2. The molecule has 0 spiro atoms. The standard InChI is InChI=1S/C3H3IO2S/c4-2-1-3-7(5)6/h1H,2H2. The van der Waals surface area contributed by atoms with E-state index in [4.69, 9.17) is 0 Å². The quantitative estimate of drug-likeness (QED) is 0.368. The Morgan fingerprint density at radius 2 is 2.29 bits per heavy atom. The highest BCUT2D eigenvalue weighted by molar-refractivity contribution is 14.1. The molecule has 4 heteroatoms. The fourth-order valence-electron chi connectivity index (χ4n) is 0.0995. The van der Waals surface area contributed by atoms with Gasteiger partial charge < -0.3 is 0 Å². The average Bonchev–Trinajstić information content (AvgIpc) is 1.61. The van der Waals surface area contributed by atoms with E-state index in [1.165, 1.54) is 6.08 Å². The molecule has 7 heavy (non-hydrogen) atoms. The Morgan fingerprint density at radius 1 is 1.71 bits per heavy atom. The van der Waals surface area contributed by atoms with Gasteiger partial charge in [0.15, 0.2) is 0 Å². The molecule has 0 saturated carbocycles. The Balaban J connectivity index is 4.19. The Bertz CT molecular complexity index is 177. The van der Waals surface area contributed by atoms with Crippen LogP contribution in [0.1, 0.15) is 0 Å². The summed E-state index contributed by atoms with van der Waals surface area (Å²) < 4.78 is 19.9. The Kier molecular flexibility index (Phi) is 4.49. The monoisotopic (exact) mass is 230 g/mol. The average molecular weight is 230 g/mol. The topological polar surface area (TPSA) is 34.1 Å². The van der Waals surface area contributed by atoms with Crippen molar-refractivity contribution in [2.75, 3.05) is 4.43 Å². The second-order valence-corrected chi connectivity index (χ2v) is 2.30. The van der Waals surface area contributed by atoms with E-state index in [2.05, 4.69) is 5.02 Å². The molecule has 0 aromatic carbocycles. The van der Waals surface area contributed by atoms with Gasteiger partial charge >= 0.3 is 0 Å². The number of hydrogen-bond donors (Lipinski definition) is 0. The molecular formula is C3H3IO2S. The number of allylic oxidation sites excluding steroid dienone is 1. The number of halogens is 1. The predicted molar refractivity (Wildman–Crippen MR) is 37.4 cm³/mol. The molecule has 2 nitrogen and oxygen atoms in total. The van der Waals surface area contributed by atoms with Crippen molar-refractivity contribution in [3.63, 3.8) is 0 Å². The van der Waals surface area contributed by atoms with Crippen LogP contribution in [0, 0.1) is 0 Å². The van der Waals surface area contributed by atoms with Gasteiger partial charge in [0.1, 0.15) is 0 Å². The van der Waals surface area contributed by atoms with E-state index in [0.29, 0.717) is 4.43 Å². The zero-order valence-corrected chi connectivity index (χ0v) is 6.36. The fourth-order valence-corrected chi connectivity index (χ4v) is 0.838. The van der Waals surface area contributed by atoms with Crippen molar-refractivity contribution < 1.29 is 8.42 Å². The molecule has 0 N–H and O–H groups in total. The van der Waals surface area contributed by atoms with Gasteiger partial charge in [0.25, 0.3) is 10.3 Å². The summed E-state index contributed by atoms with van der Waals surface area (Å²) in [4.78, 5) is 0. The van der Waals surface area contributed by atoms with Crippen molar-refractivity contribution >= 4 is 37.9 Å². The maximum Gasteiger partial charge on any atom is 0.260 e. The van der Waals surface area contributed by atoms with Crippen LogP contribution in [-0.4, -0.2) is 17.9 Å². The van der Waals surface area contributed by atoms with Gasteiger partial charge in [0.05, 0.1) is 0 Å². The van der Waals surface area contributed by atoms with Crippen molar-refractivity contribution in [2.45, 2.75) is 0 Å². The normalized spacial score (nSPS) is 7.00. The number of alkyl halides is 1. The van der Waals surface area contributed by atoms with Gasteiger partial charge in [-0.05, 0) is 6.08 Å². The molecule has 0 aliphatic carbocycles. The molecule has 0 rings (SSSR count). The molecule has 0 atom stereocenters. The van der Waals surface area contributed by atoms with Crippen molar-refractivity contribution in [1.29, 1.82) is 0 Å². The lowest BCUT2D eigenvalue weighted by atomic mass is 10.8. The molecule has 0 aromatic heterocycles. The summed E-state index contributed by atoms with van der Waals surface area (Å²) in [7, 11) is -2.13. The third-order valence-corrected chi connectivity index (χ3v) is 1.06. The van der Waals surface area contributed by atoms with Crippen molar-refractivity contribution in [1.82, 2.24) is 0 Å². The highest BCUT2D eigenvalue weighted by Crippen LogP contribution is 1.75. The Hall–Kier alpha value is 0.200. The van der Waals surface area contributed by atoms with Gasteiger partial charge in [-0.15, -0.1) is 0 Å². The van der Waals surface area contributed by atoms with E-state index in [1.54, 1.807) is 0 Å². The molecular weight excluding hydrogens is 227 g/mol. The van der Waals surface area contributed by atoms with Crippen molar-refractivity contribution in [3.8, 4) is 0 Å². The SMILES string of the molecule is O=S(=O)=C=CCI. The molecule has 0 heterocycles. The summed E-state index contributed by atoms with van der Waals surface area (Å²) in [5.74, 6) is 0. The van der Waals surface area contributed by atoms with Gasteiger partial charge in [-0.1, -0.05) is 22.6 Å². The zero-order valence-electron chi connectivity index (χ0n) is 3.39. The molecule has 0 saturated heterocycles. The Labute approximate surface area is 56.9 Å². The van der Waals surface area contributed by atoms with Gasteiger partial charge in [-0.25, -0.2) is 0 Å². The van der Waals surface area contributed by atoms with Gasteiger partial charge in [0.2, 0.25) is 0 Å². The van der Waals surface area contributed by atoms with E-state index >= 15 is 0 Å². The first kappa shape index (κ1) is 7.20. The predicted octanol–water partition coefficient (Wildman–Crippen LogP) is 0.258. The maximum atomic E-state index is 9.61. The molecule has 40 valence electrons. The molecule has 0 aromatic rings. The summed E-state index contributed by atoms with van der Waals surface area (Å²) >= 11 is 2.03. The lowest BCUT2D eigenvalue weighted by Gasteiger charge is -1.56. The summed E-state index contributed by atoms with van der Waals surface area (Å²) in [5, 5.41) is 2.08. The first-order valence-electron chi connectivity index (χ1n) is 1.50. The first-order chi connectivity index (χ1) is 3.27. The number of rotatable bonds is 1. The summed E-state index contributed by atoms with van der Waals surface area (Å²) in [5.41, 5.74) is 0. The minimum atomic E-state index is -2.13. The van der Waals surface area contributed by atoms with E-state index in [0.717, 1.165) is 0 Å². The third kappa shape index (κ3) is 6.20. The van der Waals surface area contributed by atoms with Crippen molar-refractivity contribution in [3.05, 3.63) is 6.08 Å². The molecule has 0 aliphatic rings. The second kappa shape index (κ2) is 4.36. The first-order valence-corrected chi connectivity index (χ1v) is 4.10. The molecule has 0 fully saturated rings. The maximum absolute atomic E-state index is 9.61. The molecule has 0 radical (unpaired) electrons. The van der Waals surface area contributed by atoms with E-state index in [-0.39, 0.29) is 0 Å². The highest BCUT2D eigenvalue weighted by Gasteiger charge is 1.58. The van der Waals surface area contributed by atoms with Crippen LogP contribution in [0.5, 0.6) is 0 Å². The minimum absolute atomic E-state index is 0.686. The summed E-state index contributed by atoms with van der Waals surface area (Å²) in [6, 6.07) is 0. The van der Waals surface area contributed by atoms with Crippen LogP contribution in [0.3, 0.4) is 0 Å². The molecule has 0 bridgehead atoms. The highest BCUT2D eigenvalue weighted by atomic mass is 127. The lowest BCUT2D eigenvalue weighted by molar-refractivity contribution is 0.627. The van der Waals surface area contributed by atoms with Crippen LogP contribution < -0.4 is 0 Å². The van der Waals surface area contributed by atoms with Crippen LogP contribution in [0.15, 0.2) is 6.08 Å². The van der Waals surface area contributed by atoms with Crippen molar-refractivity contribution in [2.24, 2.45) is 0 Å². The smallest absolute Gasteiger partial charge is 0.176 e. The van der Waals surface area contributed by atoms with Gasteiger partial charge in [0, 0.05) is 9.45 Å². The van der Waals surface area contributed by atoms with E-state index in [9.17, 15) is 8.42 Å². The van der Waals surface area contributed by atoms with Crippen LogP contribution in [0.4, 0.5) is 0 Å². The summed E-state index contributed by atoms with van der Waals surface area (Å²) in [6.07, 6.45) is 1.45. The van der Waals surface area contributed by atoms with E-state index in [1.807, 2.05) is 22.6 Å². The molecule has 0 aliphatic heterocycles. The zero-order chi connectivity index (χ0) is 5.70. The lowest BCUT2D eigenvalue weighted by Crippen LogP contribution is -1.59. The second-order valence-electron chi connectivity index (χ2n) is 0.711. The van der Waals surface area contributed by atoms with Crippen LogP contribution in [0.25, 0.3) is 0 Å². The molecule has 0 unspecified atom stereocenters. The van der Waals surface area contributed by atoms with Gasteiger partial charge in [-0.2, -0.15) is 8.42 Å². The largest absolute Gasteiger partial charge is 0.260 e. The van der Waals surface area contributed by atoms with Crippen LogP contribution in [-0.2, 0) is 10.3 Å². The van der Waals surface area contributed by atoms with Gasteiger partial charge in [-0.3, -0.25) is 0 Å². The minimum Gasteiger partial charge on any atom is -0.176 e. The van der Waals surface area contributed by atoms with E-state index < -0.39 is 10.3 Å². The molecule has 0 amide bonds. The third-order valence-electron chi connectivity index (χ3n) is 0.257.